The van der Waals surface area contributed by atoms with Crippen molar-refractivity contribution in [2.24, 2.45) is 22.7 Å². The first kappa shape index (κ1) is 20.4. The highest BCUT2D eigenvalue weighted by Gasteiger charge is 2.67. The van der Waals surface area contributed by atoms with Gasteiger partial charge in [-0.15, -0.1) is 0 Å². The van der Waals surface area contributed by atoms with E-state index in [0.717, 1.165) is 24.8 Å². The molecule has 6 unspecified atom stereocenters. The molecule has 0 saturated heterocycles. The van der Waals surface area contributed by atoms with Gasteiger partial charge in [0.05, 0.1) is 24.2 Å². The van der Waals surface area contributed by atoms with Crippen molar-refractivity contribution in [2.45, 2.75) is 84.5 Å². The molecule has 2 saturated carbocycles. The van der Waals surface area contributed by atoms with E-state index in [0.29, 0.717) is 12.8 Å². The molecule has 1 heterocycles. The van der Waals surface area contributed by atoms with E-state index in [2.05, 4.69) is 20.8 Å². The number of aliphatic hydroxyl groups is 2. The third-order valence-corrected chi connectivity index (χ3v) is 7.64. The van der Waals surface area contributed by atoms with Crippen molar-refractivity contribution in [2.75, 3.05) is 0 Å². The topological polar surface area (TPSA) is 79.9 Å². The number of hydrogen-bond donors (Lipinski definition) is 2. The summed E-state index contributed by atoms with van der Waals surface area (Å²) >= 11 is 0. The van der Waals surface area contributed by atoms with Crippen molar-refractivity contribution in [3.8, 4) is 0 Å². The zero-order chi connectivity index (χ0) is 20.0. The van der Waals surface area contributed by atoms with E-state index < -0.39 is 29.2 Å². The highest BCUT2D eigenvalue weighted by atomic mass is 16.6. The molecular formula is C22H34O5. The smallest absolute Gasteiger partial charge is 0.303 e. The summed E-state index contributed by atoms with van der Waals surface area (Å²) in [5.41, 5.74) is -0.602. The highest BCUT2D eigenvalue weighted by Crippen LogP contribution is 2.64. The van der Waals surface area contributed by atoms with Gasteiger partial charge in [-0.05, 0) is 42.7 Å². The summed E-state index contributed by atoms with van der Waals surface area (Å²) in [4.78, 5) is 11.7. The predicted octanol–water partition coefficient (Wildman–Crippen LogP) is 3.72. The van der Waals surface area contributed by atoms with Gasteiger partial charge in [0, 0.05) is 24.2 Å². The summed E-state index contributed by atoms with van der Waals surface area (Å²) in [5.74, 6) is -0.924. The van der Waals surface area contributed by atoms with Crippen LogP contribution in [0.25, 0.3) is 0 Å². The Bertz CT molecular complexity index is 666. The molecule has 0 radical (unpaired) electrons. The normalized spacial score (nSPS) is 41.0. The van der Waals surface area contributed by atoms with Crippen LogP contribution in [0.1, 0.15) is 65.9 Å². The molecule has 3 rings (SSSR count). The summed E-state index contributed by atoms with van der Waals surface area (Å²) in [6.45, 7) is 9.72. The summed E-state index contributed by atoms with van der Waals surface area (Å²) in [7, 11) is 0. The lowest BCUT2D eigenvalue weighted by Gasteiger charge is -2.65. The highest BCUT2D eigenvalue weighted by molar-refractivity contribution is 5.66. The molecule has 5 nitrogen and oxygen atoms in total. The molecule has 6 atom stereocenters. The van der Waals surface area contributed by atoms with E-state index in [4.69, 9.17) is 9.15 Å². The monoisotopic (exact) mass is 378 g/mol. The minimum Gasteiger partial charge on any atom is -0.472 e. The van der Waals surface area contributed by atoms with Crippen LogP contribution in [-0.4, -0.2) is 34.0 Å². The van der Waals surface area contributed by atoms with Crippen LogP contribution in [-0.2, 0) is 16.0 Å². The molecule has 2 aliphatic rings. The van der Waals surface area contributed by atoms with Gasteiger partial charge < -0.3 is 19.4 Å². The van der Waals surface area contributed by atoms with Crippen molar-refractivity contribution in [3.63, 3.8) is 0 Å². The van der Waals surface area contributed by atoms with E-state index in [1.54, 1.807) is 12.5 Å². The van der Waals surface area contributed by atoms with Crippen LogP contribution in [0.4, 0.5) is 0 Å². The molecule has 152 valence electrons. The van der Waals surface area contributed by atoms with E-state index in [1.807, 2.05) is 13.0 Å². The van der Waals surface area contributed by atoms with Crippen molar-refractivity contribution in [1.82, 2.24) is 0 Å². The Morgan fingerprint density at radius 1 is 1.33 bits per heavy atom. The maximum atomic E-state index is 12.1. The Labute approximate surface area is 162 Å². The molecule has 0 amide bonds. The van der Waals surface area contributed by atoms with Gasteiger partial charge in [0.15, 0.2) is 0 Å². The average molecular weight is 379 g/mol. The Balaban J connectivity index is 2.02. The largest absolute Gasteiger partial charge is 0.472 e. The van der Waals surface area contributed by atoms with Crippen LogP contribution in [0.3, 0.4) is 0 Å². The van der Waals surface area contributed by atoms with Gasteiger partial charge >= 0.3 is 5.97 Å². The van der Waals surface area contributed by atoms with Crippen molar-refractivity contribution in [3.05, 3.63) is 24.2 Å². The molecule has 2 N–H and O–H groups in total. The number of fused-ring (bicyclic) bond motifs is 1. The molecule has 0 bridgehead atoms. The van der Waals surface area contributed by atoms with Gasteiger partial charge in [-0.1, -0.05) is 34.1 Å². The molecule has 1 aromatic rings. The summed E-state index contributed by atoms with van der Waals surface area (Å²) in [6, 6.07) is 1.92. The lowest BCUT2D eigenvalue weighted by Crippen LogP contribution is -2.71. The predicted molar refractivity (Wildman–Crippen MR) is 102 cm³/mol. The van der Waals surface area contributed by atoms with E-state index >= 15 is 0 Å². The van der Waals surface area contributed by atoms with Gasteiger partial charge in [-0.2, -0.15) is 0 Å². The molecule has 0 aromatic carbocycles. The van der Waals surface area contributed by atoms with Gasteiger partial charge in [-0.3, -0.25) is 4.79 Å². The standard InChI is InChI=1S/C22H34O5/c1-14-18(27-15(2)23)17(24)19-20(3,4)9-6-10-21(19,5)22(14,25)11-7-16-8-12-26-13-16/h8,12-14,17-19,24-25H,6-7,9-11H2,1-5H3. The number of carbonyl (C=O) groups excluding carboxylic acids is 1. The zero-order valence-corrected chi connectivity index (χ0v) is 17.2. The molecule has 0 spiro atoms. The van der Waals surface area contributed by atoms with Gasteiger partial charge in [0.1, 0.15) is 6.10 Å². The number of aryl methyl sites for hydroxylation is 1. The molecule has 2 aliphatic carbocycles. The summed E-state index contributed by atoms with van der Waals surface area (Å²) in [5, 5.41) is 23.4. The number of ether oxygens (including phenoxy) is 1. The number of hydrogen-bond acceptors (Lipinski definition) is 5. The second kappa shape index (κ2) is 6.93. The molecule has 1 aromatic heterocycles. The SMILES string of the molecule is CC(=O)OC1C(O)C2C(C)(C)CCCC2(C)C(O)(CCc2ccoc2)C1C. The molecule has 2 fully saturated rings. The summed E-state index contributed by atoms with van der Waals surface area (Å²) < 4.78 is 10.7. The quantitative estimate of drug-likeness (QED) is 0.781. The average Bonchev–Trinajstić information content (AvgIpc) is 3.08. The van der Waals surface area contributed by atoms with Crippen LogP contribution >= 0.6 is 0 Å². The van der Waals surface area contributed by atoms with E-state index in [9.17, 15) is 15.0 Å². The van der Waals surface area contributed by atoms with Crippen molar-refractivity contribution in [1.29, 1.82) is 0 Å². The Hall–Kier alpha value is -1.33. The maximum Gasteiger partial charge on any atom is 0.303 e. The van der Waals surface area contributed by atoms with Gasteiger partial charge in [0.25, 0.3) is 0 Å². The lowest BCUT2D eigenvalue weighted by atomic mass is 9.42. The second-order valence-electron chi connectivity index (χ2n) is 9.65. The first-order valence-electron chi connectivity index (χ1n) is 10.1. The minimum atomic E-state index is -1.05. The second-order valence-corrected chi connectivity index (χ2v) is 9.65. The molecule has 5 heteroatoms. The third-order valence-electron chi connectivity index (χ3n) is 7.64. The fraction of sp³-hybridized carbons (Fsp3) is 0.773. The van der Waals surface area contributed by atoms with Crippen LogP contribution < -0.4 is 0 Å². The van der Waals surface area contributed by atoms with Crippen LogP contribution in [0.15, 0.2) is 23.0 Å². The third kappa shape index (κ3) is 3.23. The van der Waals surface area contributed by atoms with Crippen LogP contribution in [0.2, 0.25) is 0 Å². The number of rotatable bonds is 4. The van der Waals surface area contributed by atoms with Crippen LogP contribution in [0, 0.1) is 22.7 Å². The number of furan rings is 1. The molecular weight excluding hydrogens is 344 g/mol. The first-order chi connectivity index (χ1) is 12.5. The Kier molecular flexibility index (Phi) is 5.23. The van der Waals surface area contributed by atoms with Crippen molar-refractivity contribution < 1.29 is 24.2 Å². The Morgan fingerprint density at radius 2 is 2.04 bits per heavy atom. The zero-order valence-electron chi connectivity index (χ0n) is 17.2. The van der Waals surface area contributed by atoms with E-state index in [1.165, 1.54) is 6.92 Å². The van der Waals surface area contributed by atoms with Gasteiger partial charge in [0.2, 0.25) is 0 Å². The molecule has 27 heavy (non-hydrogen) atoms. The first-order valence-corrected chi connectivity index (χ1v) is 10.1. The number of esters is 1. The van der Waals surface area contributed by atoms with E-state index in [-0.39, 0.29) is 17.3 Å². The maximum absolute atomic E-state index is 12.1. The summed E-state index contributed by atoms with van der Waals surface area (Å²) in [6.07, 6.45) is 5.96. The number of aliphatic hydroxyl groups excluding tert-OH is 1. The van der Waals surface area contributed by atoms with Gasteiger partial charge in [-0.25, -0.2) is 0 Å². The lowest BCUT2D eigenvalue weighted by molar-refractivity contribution is -0.281. The fourth-order valence-electron chi connectivity index (χ4n) is 6.33. The number of carbonyl (C=O) groups is 1. The molecule has 0 aliphatic heterocycles. The van der Waals surface area contributed by atoms with Crippen LogP contribution in [0.5, 0.6) is 0 Å². The fourth-order valence-corrected chi connectivity index (χ4v) is 6.33. The van der Waals surface area contributed by atoms with Crippen molar-refractivity contribution >= 4 is 5.97 Å². The minimum absolute atomic E-state index is 0.144. The Morgan fingerprint density at radius 3 is 2.63 bits per heavy atom.